The quantitative estimate of drug-likeness (QED) is 0.525. The number of nitrogens with one attached hydrogen (secondary N) is 2. The molecule has 2 nitrogen and oxygen atoms in total. The molecule has 0 aromatic heterocycles. The summed E-state index contributed by atoms with van der Waals surface area (Å²) in [5, 5.41) is 7.15. The molecular formula is C13H24N2S. The largest absolute Gasteiger partial charge is 0.314 e. The van der Waals surface area contributed by atoms with Crippen LogP contribution in [0.25, 0.3) is 0 Å². The maximum absolute atomic E-state index is 5.19. The van der Waals surface area contributed by atoms with E-state index in [9.17, 15) is 0 Å². The van der Waals surface area contributed by atoms with Gasteiger partial charge in [0.2, 0.25) is 0 Å². The van der Waals surface area contributed by atoms with E-state index >= 15 is 0 Å². The second-order valence-electron chi connectivity index (χ2n) is 4.49. The number of terminal acetylenes is 1. The molecule has 1 fully saturated rings. The monoisotopic (exact) mass is 240 g/mol. The van der Waals surface area contributed by atoms with E-state index in [1.807, 2.05) is 11.8 Å². The Morgan fingerprint density at radius 2 is 2.44 bits per heavy atom. The number of thioether (sulfide) groups is 1. The Balaban J connectivity index is 1.97. The molecule has 1 aliphatic heterocycles. The highest BCUT2D eigenvalue weighted by Gasteiger charge is 2.14. The van der Waals surface area contributed by atoms with Gasteiger partial charge in [-0.3, -0.25) is 0 Å². The van der Waals surface area contributed by atoms with Crippen LogP contribution in [-0.2, 0) is 0 Å². The summed E-state index contributed by atoms with van der Waals surface area (Å²) in [6.45, 7) is 4.55. The van der Waals surface area contributed by atoms with Gasteiger partial charge in [0, 0.05) is 24.4 Å². The summed E-state index contributed by atoms with van der Waals surface area (Å²) in [4.78, 5) is 0. The Morgan fingerprint density at radius 3 is 3.12 bits per heavy atom. The molecule has 0 bridgehead atoms. The summed E-state index contributed by atoms with van der Waals surface area (Å²) < 4.78 is 0. The first-order chi connectivity index (χ1) is 7.83. The average molecular weight is 240 g/mol. The first-order valence-corrected chi connectivity index (χ1v) is 7.46. The zero-order valence-electron chi connectivity index (χ0n) is 10.3. The second-order valence-corrected chi connectivity index (χ2v) is 5.60. The van der Waals surface area contributed by atoms with Crippen molar-refractivity contribution < 1.29 is 0 Å². The van der Waals surface area contributed by atoms with E-state index in [1.54, 1.807) is 0 Å². The molecule has 1 heterocycles. The fraction of sp³-hybridized carbons (Fsp3) is 0.846. The third-order valence-electron chi connectivity index (χ3n) is 2.98. The summed E-state index contributed by atoms with van der Waals surface area (Å²) in [6.07, 6.45) is 10.5. The SMILES string of the molecule is C#CCSCCNC(C)CC1CCCCN1. The molecule has 0 aliphatic carbocycles. The van der Waals surface area contributed by atoms with E-state index in [0.717, 1.165) is 24.1 Å². The molecule has 0 aromatic carbocycles. The number of rotatable bonds is 7. The molecule has 0 aromatic rings. The fourth-order valence-corrected chi connectivity index (χ4v) is 2.67. The molecular weight excluding hydrogens is 216 g/mol. The first-order valence-electron chi connectivity index (χ1n) is 6.31. The van der Waals surface area contributed by atoms with Crippen LogP contribution in [0.1, 0.15) is 32.6 Å². The third kappa shape index (κ3) is 6.42. The highest BCUT2D eigenvalue weighted by Crippen LogP contribution is 2.11. The van der Waals surface area contributed by atoms with Crippen molar-refractivity contribution in [2.75, 3.05) is 24.6 Å². The van der Waals surface area contributed by atoms with Crippen molar-refractivity contribution >= 4 is 11.8 Å². The van der Waals surface area contributed by atoms with Gasteiger partial charge in [0.15, 0.2) is 0 Å². The smallest absolute Gasteiger partial charge is 0.0545 e. The van der Waals surface area contributed by atoms with Crippen LogP contribution in [0.4, 0.5) is 0 Å². The van der Waals surface area contributed by atoms with Crippen molar-refractivity contribution in [3.05, 3.63) is 0 Å². The lowest BCUT2D eigenvalue weighted by Gasteiger charge is -2.26. The molecule has 0 radical (unpaired) electrons. The molecule has 1 saturated heterocycles. The second kappa shape index (κ2) is 8.92. The molecule has 1 aliphatic rings. The van der Waals surface area contributed by atoms with E-state index in [1.165, 1.54) is 32.2 Å². The highest BCUT2D eigenvalue weighted by molar-refractivity contribution is 7.99. The maximum Gasteiger partial charge on any atom is 0.0545 e. The Labute approximate surface area is 104 Å². The molecule has 3 heteroatoms. The lowest BCUT2D eigenvalue weighted by atomic mass is 9.99. The lowest BCUT2D eigenvalue weighted by molar-refractivity contribution is 0.348. The van der Waals surface area contributed by atoms with Gasteiger partial charge in [-0.05, 0) is 32.7 Å². The van der Waals surface area contributed by atoms with E-state index in [2.05, 4.69) is 23.5 Å². The van der Waals surface area contributed by atoms with Gasteiger partial charge in [-0.2, -0.15) is 0 Å². The summed E-state index contributed by atoms with van der Waals surface area (Å²) in [7, 11) is 0. The zero-order chi connectivity index (χ0) is 11.6. The van der Waals surface area contributed by atoms with E-state index in [-0.39, 0.29) is 0 Å². The van der Waals surface area contributed by atoms with Crippen molar-refractivity contribution in [2.24, 2.45) is 0 Å². The summed E-state index contributed by atoms with van der Waals surface area (Å²) >= 11 is 1.83. The van der Waals surface area contributed by atoms with Crippen molar-refractivity contribution in [1.29, 1.82) is 0 Å². The van der Waals surface area contributed by atoms with Gasteiger partial charge in [-0.25, -0.2) is 0 Å². The van der Waals surface area contributed by atoms with Crippen LogP contribution in [0.3, 0.4) is 0 Å². The van der Waals surface area contributed by atoms with Crippen LogP contribution >= 0.6 is 11.8 Å². The van der Waals surface area contributed by atoms with Gasteiger partial charge in [0.1, 0.15) is 0 Å². The number of hydrogen-bond donors (Lipinski definition) is 2. The molecule has 1 rings (SSSR count). The van der Waals surface area contributed by atoms with Crippen LogP contribution in [-0.4, -0.2) is 36.7 Å². The van der Waals surface area contributed by atoms with E-state index < -0.39 is 0 Å². The number of piperidine rings is 1. The van der Waals surface area contributed by atoms with Gasteiger partial charge in [-0.15, -0.1) is 18.2 Å². The topological polar surface area (TPSA) is 24.1 Å². The van der Waals surface area contributed by atoms with Gasteiger partial charge < -0.3 is 10.6 Å². The molecule has 0 amide bonds. The van der Waals surface area contributed by atoms with E-state index in [0.29, 0.717) is 6.04 Å². The minimum absolute atomic E-state index is 0.613. The Kier molecular flexibility index (Phi) is 7.75. The van der Waals surface area contributed by atoms with Crippen LogP contribution in [0, 0.1) is 12.3 Å². The maximum atomic E-state index is 5.19. The van der Waals surface area contributed by atoms with Gasteiger partial charge >= 0.3 is 0 Å². The molecule has 92 valence electrons. The average Bonchev–Trinajstić information content (AvgIpc) is 2.30. The zero-order valence-corrected chi connectivity index (χ0v) is 11.1. The minimum atomic E-state index is 0.613. The Bertz CT molecular complexity index is 206. The summed E-state index contributed by atoms with van der Waals surface area (Å²) in [6, 6.07) is 1.34. The van der Waals surface area contributed by atoms with Gasteiger partial charge in [0.05, 0.1) is 5.75 Å². The van der Waals surface area contributed by atoms with Crippen molar-refractivity contribution in [2.45, 2.75) is 44.7 Å². The lowest BCUT2D eigenvalue weighted by Crippen LogP contribution is -2.40. The van der Waals surface area contributed by atoms with Gasteiger partial charge in [-0.1, -0.05) is 12.3 Å². The van der Waals surface area contributed by atoms with Crippen molar-refractivity contribution in [3.63, 3.8) is 0 Å². The molecule has 0 saturated carbocycles. The Hall–Kier alpha value is -0.170. The van der Waals surface area contributed by atoms with Crippen LogP contribution in [0.5, 0.6) is 0 Å². The summed E-state index contributed by atoms with van der Waals surface area (Å²) in [5.41, 5.74) is 0. The van der Waals surface area contributed by atoms with Crippen molar-refractivity contribution in [1.82, 2.24) is 10.6 Å². The normalized spacial score (nSPS) is 22.6. The predicted octanol–water partition coefficient (Wildman–Crippen LogP) is 1.86. The van der Waals surface area contributed by atoms with E-state index in [4.69, 9.17) is 6.42 Å². The molecule has 0 spiro atoms. The minimum Gasteiger partial charge on any atom is -0.314 e. The summed E-state index contributed by atoms with van der Waals surface area (Å²) in [5.74, 6) is 4.60. The van der Waals surface area contributed by atoms with Crippen LogP contribution in [0.15, 0.2) is 0 Å². The molecule has 2 N–H and O–H groups in total. The Morgan fingerprint density at radius 1 is 1.56 bits per heavy atom. The molecule has 2 unspecified atom stereocenters. The van der Waals surface area contributed by atoms with Crippen molar-refractivity contribution in [3.8, 4) is 12.3 Å². The predicted molar refractivity (Wildman–Crippen MR) is 73.9 cm³/mol. The fourth-order valence-electron chi connectivity index (χ4n) is 2.14. The van der Waals surface area contributed by atoms with Gasteiger partial charge in [0.25, 0.3) is 0 Å². The third-order valence-corrected chi connectivity index (χ3v) is 3.84. The molecule has 2 atom stereocenters. The first kappa shape index (κ1) is 13.9. The number of hydrogen-bond acceptors (Lipinski definition) is 3. The standard InChI is InChI=1S/C13H24N2S/c1-3-9-16-10-8-14-12(2)11-13-6-4-5-7-15-13/h1,12-15H,4-11H2,2H3. The van der Waals surface area contributed by atoms with Crippen LogP contribution in [0.2, 0.25) is 0 Å². The highest BCUT2D eigenvalue weighted by atomic mass is 32.2. The molecule has 16 heavy (non-hydrogen) atoms. The van der Waals surface area contributed by atoms with Crippen LogP contribution < -0.4 is 10.6 Å².